The fourth-order valence-electron chi connectivity index (χ4n) is 2.40. The van der Waals surface area contributed by atoms with Crippen molar-refractivity contribution in [2.45, 2.75) is 23.8 Å². The molecule has 2 aromatic carbocycles. The molecule has 28 heavy (non-hydrogen) atoms. The number of nitro benzene ring substituents is 1. The van der Waals surface area contributed by atoms with Crippen LogP contribution >= 0.6 is 11.8 Å². The van der Waals surface area contributed by atoms with Gasteiger partial charge in [0.05, 0.1) is 4.92 Å². The molecule has 9 heteroatoms. The number of nitro groups is 1. The van der Waals surface area contributed by atoms with Crippen molar-refractivity contribution in [1.29, 1.82) is 0 Å². The molecule has 0 bridgehead atoms. The van der Waals surface area contributed by atoms with Crippen molar-refractivity contribution in [3.63, 3.8) is 0 Å². The van der Waals surface area contributed by atoms with Crippen LogP contribution in [0.4, 0.5) is 21.9 Å². The fourth-order valence-corrected chi connectivity index (χ4v) is 3.05. The Kier molecular flexibility index (Phi) is 5.84. The smallest absolute Gasteiger partial charge is 0.293 e. The SMILES string of the molecule is CN(C)C(=O)Sc1ccc(NC(=O)c2ccc(NC3CC3)c([N+](=O)[O-])c2)cc1. The minimum absolute atomic E-state index is 0.0935. The predicted octanol–water partition coefficient (Wildman–Crippen LogP) is 4.20. The van der Waals surface area contributed by atoms with Crippen molar-refractivity contribution < 1.29 is 14.5 Å². The molecule has 0 spiro atoms. The number of amides is 2. The number of hydrogen-bond donors (Lipinski definition) is 2. The van der Waals surface area contributed by atoms with E-state index in [-0.39, 0.29) is 22.5 Å². The van der Waals surface area contributed by atoms with E-state index >= 15 is 0 Å². The Balaban J connectivity index is 1.69. The van der Waals surface area contributed by atoms with Crippen molar-refractivity contribution >= 4 is 40.0 Å². The molecule has 1 saturated carbocycles. The van der Waals surface area contributed by atoms with Gasteiger partial charge < -0.3 is 15.5 Å². The van der Waals surface area contributed by atoms with E-state index in [1.165, 1.54) is 11.0 Å². The maximum Gasteiger partial charge on any atom is 0.293 e. The predicted molar refractivity (Wildman–Crippen MR) is 109 cm³/mol. The third kappa shape index (κ3) is 5.01. The van der Waals surface area contributed by atoms with Crippen molar-refractivity contribution in [2.75, 3.05) is 24.7 Å². The summed E-state index contributed by atoms with van der Waals surface area (Å²) in [7, 11) is 3.35. The minimum Gasteiger partial charge on any atom is -0.377 e. The van der Waals surface area contributed by atoms with Crippen LogP contribution in [0.25, 0.3) is 0 Å². The summed E-state index contributed by atoms with van der Waals surface area (Å²) in [5.41, 5.74) is 1.05. The number of carbonyl (C=O) groups excluding carboxylic acids is 2. The first kappa shape index (κ1) is 19.7. The minimum atomic E-state index is -0.491. The van der Waals surface area contributed by atoms with E-state index in [0.717, 1.165) is 29.5 Å². The van der Waals surface area contributed by atoms with Gasteiger partial charge in [0.1, 0.15) is 5.69 Å². The highest BCUT2D eigenvalue weighted by Gasteiger charge is 2.25. The molecule has 8 nitrogen and oxygen atoms in total. The van der Waals surface area contributed by atoms with Gasteiger partial charge in [-0.2, -0.15) is 0 Å². The van der Waals surface area contributed by atoms with Crippen LogP contribution in [0.2, 0.25) is 0 Å². The van der Waals surface area contributed by atoms with Crippen LogP contribution in [0, 0.1) is 10.1 Å². The molecule has 1 aliphatic rings. The number of rotatable bonds is 6. The number of anilines is 2. The maximum atomic E-state index is 12.5. The first-order valence-electron chi connectivity index (χ1n) is 8.69. The second-order valence-electron chi connectivity index (χ2n) is 6.65. The molecule has 0 heterocycles. The van der Waals surface area contributed by atoms with Gasteiger partial charge in [-0.3, -0.25) is 19.7 Å². The molecule has 2 N–H and O–H groups in total. The highest BCUT2D eigenvalue weighted by atomic mass is 32.2. The molecule has 0 atom stereocenters. The van der Waals surface area contributed by atoms with E-state index in [9.17, 15) is 19.7 Å². The molecular formula is C19H20N4O4S. The van der Waals surface area contributed by atoms with Crippen LogP contribution in [0.5, 0.6) is 0 Å². The lowest BCUT2D eigenvalue weighted by Crippen LogP contribution is -2.16. The lowest BCUT2D eigenvalue weighted by atomic mass is 10.1. The first-order chi connectivity index (χ1) is 13.3. The van der Waals surface area contributed by atoms with E-state index in [0.29, 0.717) is 11.4 Å². The monoisotopic (exact) mass is 400 g/mol. The van der Waals surface area contributed by atoms with Gasteiger partial charge in [0.2, 0.25) is 0 Å². The molecule has 0 aliphatic heterocycles. The van der Waals surface area contributed by atoms with Crippen molar-refractivity contribution in [2.24, 2.45) is 0 Å². The summed E-state index contributed by atoms with van der Waals surface area (Å²) in [5.74, 6) is -0.439. The number of hydrogen-bond acceptors (Lipinski definition) is 6. The van der Waals surface area contributed by atoms with Crippen molar-refractivity contribution in [3.05, 3.63) is 58.1 Å². The van der Waals surface area contributed by atoms with E-state index < -0.39 is 10.8 Å². The number of thioether (sulfide) groups is 1. The fraction of sp³-hybridized carbons (Fsp3) is 0.263. The highest BCUT2D eigenvalue weighted by Crippen LogP contribution is 2.31. The Morgan fingerprint density at radius 2 is 1.82 bits per heavy atom. The van der Waals surface area contributed by atoms with Gasteiger partial charge in [0, 0.05) is 42.3 Å². The molecule has 0 radical (unpaired) electrons. The lowest BCUT2D eigenvalue weighted by molar-refractivity contribution is -0.384. The number of carbonyl (C=O) groups is 2. The topological polar surface area (TPSA) is 105 Å². The Labute approximate surface area is 166 Å². The Morgan fingerprint density at radius 3 is 2.39 bits per heavy atom. The van der Waals surface area contributed by atoms with Crippen LogP contribution in [0.15, 0.2) is 47.4 Å². The van der Waals surface area contributed by atoms with E-state index in [2.05, 4.69) is 10.6 Å². The van der Waals surface area contributed by atoms with E-state index in [1.54, 1.807) is 50.5 Å². The van der Waals surface area contributed by atoms with Gasteiger partial charge in [-0.1, -0.05) is 0 Å². The van der Waals surface area contributed by atoms with Crippen LogP contribution < -0.4 is 10.6 Å². The second-order valence-corrected chi connectivity index (χ2v) is 7.67. The first-order valence-corrected chi connectivity index (χ1v) is 9.50. The summed E-state index contributed by atoms with van der Waals surface area (Å²) in [6, 6.07) is 11.5. The van der Waals surface area contributed by atoms with Gasteiger partial charge in [-0.15, -0.1) is 0 Å². The average Bonchev–Trinajstić information content (AvgIpc) is 3.47. The van der Waals surface area contributed by atoms with E-state index in [1.807, 2.05) is 0 Å². The summed E-state index contributed by atoms with van der Waals surface area (Å²) < 4.78 is 0. The van der Waals surface area contributed by atoms with Crippen molar-refractivity contribution in [1.82, 2.24) is 4.90 Å². The second kappa shape index (κ2) is 8.30. The molecule has 2 amide bonds. The summed E-state index contributed by atoms with van der Waals surface area (Å²) in [5, 5.41) is 17.1. The molecule has 3 rings (SSSR count). The van der Waals surface area contributed by atoms with Gasteiger partial charge >= 0.3 is 0 Å². The summed E-state index contributed by atoms with van der Waals surface area (Å²) in [6.45, 7) is 0. The van der Waals surface area contributed by atoms with Crippen LogP contribution in [0.1, 0.15) is 23.2 Å². The largest absolute Gasteiger partial charge is 0.377 e. The molecule has 146 valence electrons. The Bertz CT molecular complexity index is 911. The third-order valence-electron chi connectivity index (χ3n) is 4.08. The highest BCUT2D eigenvalue weighted by molar-refractivity contribution is 8.13. The van der Waals surface area contributed by atoms with Gasteiger partial charge in [0.25, 0.3) is 16.8 Å². The van der Waals surface area contributed by atoms with Gasteiger partial charge in [-0.25, -0.2) is 0 Å². The number of nitrogens with one attached hydrogen (secondary N) is 2. The molecular weight excluding hydrogens is 380 g/mol. The number of benzene rings is 2. The molecule has 0 unspecified atom stereocenters. The Hall–Kier alpha value is -3.07. The zero-order chi connectivity index (χ0) is 20.3. The lowest BCUT2D eigenvalue weighted by Gasteiger charge is -2.10. The van der Waals surface area contributed by atoms with Crippen LogP contribution in [-0.4, -0.2) is 41.1 Å². The maximum absolute atomic E-state index is 12.5. The number of nitrogens with zero attached hydrogens (tertiary/aromatic N) is 2. The van der Waals surface area contributed by atoms with Gasteiger partial charge in [-0.05, 0) is 61.0 Å². The normalized spacial score (nSPS) is 12.9. The van der Waals surface area contributed by atoms with Crippen LogP contribution in [-0.2, 0) is 0 Å². The van der Waals surface area contributed by atoms with Crippen LogP contribution in [0.3, 0.4) is 0 Å². The standard InChI is InChI=1S/C19H20N4O4S/c1-22(2)19(25)28-15-8-6-14(7-9-15)21-18(24)12-3-10-16(20-13-4-5-13)17(11-12)23(26)27/h3,6-11,13,20H,4-5H2,1-2H3,(H,21,24). The quantitative estimate of drug-likeness (QED) is 0.428. The molecule has 0 saturated heterocycles. The van der Waals surface area contributed by atoms with Gasteiger partial charge in [0.15, 0.2) is 0 Å². The van der Waals surface area contributed by atoms with Crippen molar-refractivity contribution in [3.8, 4) is 0 Å². The summed E-state index contributed by atoms with van der Waals surface area (Å²) in [6.07, 6.45) is 1.99. The zero-order valence-electron chi connectivity index (χ0n) is 15.5. The molecule has 1 aliphatic carbocycles. The summed E-state index contributed by atoms with van der Waals surface area (Å²) >= 11 is 1.08. The third-order valence-corrected chi connectivity index (χ3v) is 5.12. The van der Waals surface area contributed by atoms with E-state index in [4.69, 9.17) is 0 Å². The Morgan fingerprint density at radius 1 is 1.14 bits per heavy atom. The zero-order valence-corrected chi connectivity index (χ0v) is 16.3. The molecule has 1 fully saturated rings. The molecule has 0 aromatic heterocycles. The average molecular weight is 400 g/mol. The molecule has 2 aromatic rings. The summed E-state index contributed by atoms with van der Waals surface area (Å²) in [4.78, 5) is 37.2.